The van der Waals surface area contributed by atoms with Gasteiger partial charge >= 0.3 is 0 Å². The third-order valence-corrected chi connectivity index (χ3v) is 4.75. The van der Waals surface area contributed by atoms with Crippen LogP contribution in [-0.2, 0) is 11.2 Å². The quantitative estimate of drug-likeness (QED) is 0.850. The monoisotopic (exact) mass is 279 g/mol. The first-order valence-corrected chi connectivity index (χ1v) is 7.87. The third-order valence-electron chi connectivity index (χ3n) is 2.75. The van der Waals surface area contributed by atoms with E-state index in [4.69, 9.17) is 0 Å². The van der Waals surface area contributed by atoms with Crippen LogP contribution < -0.4 is 5.32 Å². The highest BCUT2D eigenvalue weighted by Gasteiger charge is 2.09. The zero-order valence-electron chi connectivity index (χ0n) is 10.4. The molecule has 1 N–H and O–H groups in total. The van der Waals surface area contributed by atoms with E-state index >= 15 is 0 Å². The molecule has 0 aliphatic rings. The molecule has 0 bridgehead atoms. The lowest BCUT2D eigenvalue weighted by molar-refractivity contribution is -0.121. The van der Waals surface area contributed by atoms with E-state index in [1.54, 1.807) is 22.7 Å². The normalized spacial score (nSPS) is 12.3. The van der Waals surface area contributed by atoms with Crippen LogP contribution in [-0.4, -0.2) is 5.91 Å². The summed E-state index contributed by atoms with van der Waals surface area (Å²) in [5.41, 5.74) is 0. The van der Waals surface area contributed by atoms with Crippen molar-refractivity contribution in [2.75, 3.05) is 0 Å². The minimum atomic E-state index is 0.124. The SMILES string of the molecule is CC(NC(=O)CCCc1cccs1)c1cccs1. The fraction of sp³-hybridized carbons (Fsp3) is 0.357. The van der Waals surface area contributed by atoms with Crippen molar-refractivity contribution in [3.8, 4) is 0 Å². The van der Waals surface area contributed by atoms with Crippen LogP contribution in [0.3, 0.4) is 0 Å². The largest absolute Gasteiger partial charge is 0.349 e. The lowest BCUT2D eigenvalue weighted by Gasteiger charge is -2.11. The molecule has 1 amide bonds. The average molecular weight is 279 g/mol. The maximum absolute atomic E-state index is 11.8. The van der Waals surface area contributed by atoms with Gasteiger partial charge in [-0.2, -0.15) is 0 Å². The maximum atomic E-state index is 11.8. The molecule has 1 unspecified atom stereocenters. The fourth-order valence-corrected chi connectivity index (χ4v) is 3.29. The minimum Gasteiger partial charge on any atom is -0.349 e. The predicted octanol–water partition coefficient (Wildman–Crippen LogP) is 4.01. The molecule has 2 heterocycles. The molecule has 0 aliphatic heterocycles. The summed E-state index contributed by atoms with van der Waals surface area (Å²) in [5.74, 6) is 0.146. The van der Waals surface area contributed by atoms with E-state index < -0.39 is 0 Å². The molecular formula is C14H17NOS2. The second kappa shape index (κ2) is 6.71. The molecule has 2 aromatic heterocycles. The topological polar surface area (TPSA) is 29.1 Å². The second-order valence-corrected chi connectivity index (χ2v) is 6.25. The number of carbonyl (C=O) groups is 1. The summed E-state index contributed by atoms with van der Waals surface area (Å²) in [4.78, 5) is 14.3. The fourth-order valence-electron chi connectivity index (χ4n) is 1.80. The number of aryl methyl sites for hydroxylation is 1. The van der Waals surface area contributed by atoms with Gasteiger partial charge in [0.05, 0.1) is 6.04 Å². The van der Waals surface area contributed by atoms with Gasteiger partial charge in [-0.1, -0.05) is 12.1 Å². The molecule has 2 rings (SSSR count). The zero-order valence-corrected chi connectivity index (χ0v) is 12.0. The van der Waals surface area contributed by atoms with Gasteiger partial charge in [-0.05, 0) is 42.7 Å². The van der Waals surface area contributed by atoms with Gasteiger partial charge < -0.3 is 5.32 Å². The molecule has 2 nitrogen and oxygen atoms in total. The standard InChI is InChI=1S/C14H17NOS2/c1-11(13-7-4-10-18-13)15-14(16)8-2-5-12-6-3-9-17-12/h3-4,6-7,9-11H,2,5,8H2,1H3,(H,15,16). The van der Waals surface area contributed by atoms with E-state index in [1.807, 2.05) is 18.4 Å². The molecular weight excluding hydrogens is 262 g/mol. The molecule has 96 valence electrons. The summed E-state index contributed by atoms with van der Waals surface area (Å²) in [7, 11) is 0. The summed E-state index contributed by atoms with van der Waals surface area (Å²) in [6, 6.07) is 8.37. The van der Waals surface area contributed by atoms with Gasteiger partial charge in [-0.3, -0.25) is 4.79 Å². The van der Waals surface area contributed by atoms with Gasteiger partial charge in [0.2, 0.25) is 5.91 Å². The van der Waals surface area contributed by atoms with E-state index in [9.17, 15) is 4.79 Å². The Labute approximate surface area is 116 Å². The van der Waals surface area contributed by atoms with Crippen LogP contribution in [0.1, 0.15) is 35.6 Å². The van der Waals surface area contributed by atoms with Crippen LogP contribution in [0.5, 0.6) is 0 Å². The number of rotatable bonds is 6. The Hall–Kier alpha value is -1.13. The Kier molecular flexibility index (Phi) is 4.96. The number of carbonyl (C=O) groups excluding carboxylic acids is 1. The van der Waals surface area contributed by atoms with E-state index in [0.717, 1.165) is 12.8 Å². The van der Waals surface area contributed by atoms with E-state index in [1.165, 1.54) is 9.75 Å². The maximum Gasteiger partial charge on any atom is 0.220 e. The Balaban J connectivity index is 1.69. The van der Waals surface area contributed by atoms with Gasteiger partial charge in [-0.15, -0.1) is 22.7 Å². The molecule has 0 radical (unpaired) electrons. The number of thiophene rings is 2. The van der Waals surface area contributed by atoms with Crippen LogP contribution in [0.15, 0.2) is 35.0 Å². The molecule has 18 heavy (non-hydrogen) atoms. The Morgan fingerprint density at radius 3 is 2.72 bits per heavy atom. The number of amides is 1. The molecule has 1 atom stereocenters. The van der Waals surface area contributed by atoms with Gasteiger partial charge in [0.25, 0.3) is 0 Å². The summed E-state index contributed by atoms with van der Waals surface area (Å²) in [6.45, 7) is 2.03. The first kappa shape index (κ1) is 13.3. The van der Waals surface area contributed by atoms with Crippen molar-refractivity contribution >= 4 is 28.6 Å². The number of nitrogens with one attached hydrogen (secondary N) is 1. The van der Waals surface area contributed by atoms with E-state index in [0.29, 0.717) is 6.42 Å². The summed E-state index contributed by atoms with van der Waals surface area (Å²) in [5, 5.41) is 7.15. The van der Waals surface area contributed by atoms with Crippen LogP contribution in [0.4, 0.5) is 0 Å². The summed E-state index contributed by atoms with van der Waals surface area (Å²) in [6.07, 6.45) is 2.52. The van der Waals surface area contributed by atoms with E-state index in [-0.39, 0.29) is 11.9 Å². The molecule has 0 fully saturated rings. The average Bonchev–Trinajstić information content (AvgIpc) is 3.02. The van der Waals surface area contributed by atoms with Crippen LogP contribution in [0.2, 0.25) is 0 Å². The molecule has 0 aromatic carbocycles. The minimum absolute atomic E-state index is 0.124. The van der Waals surface area contributed by atoms with Crippen molar-refractivity contribution in [1.29, 1.82) is 0 Å². The Morgan fingerprint density at radius 2 is 2.06 bits per heavy atom. The molecule has 0 saturated carbocycles. The highest BCUT2D eigenvalue weighted by molar-refractivity contribution is 7.10. The first-order valence-electron chi connectivity index (χ1n) is 6.11. The molecule has 4 heteroatoms. The first-order chi connectivity index (χ1) is 8.75. The second-order valence-electron chi connectivity index (χ2n) is 4.24. The highest BCUT2D eigenvalue weighted by Crippen LogP contribution is 2.18. The van der Waals surface area contributed by atoms with Crippen molar-refractivity contribution < 1.29 is 4.79 Å². The zero-order chi connectivity index (χ0) is 12.8. The smallest absolute Gasteiger partial charge is 0.220 e. The van der Waals surface area contributed by atoms with Crippen molar-refractivity contribution in [3.63, 3.8) is 0 Å². The van der Waals surface area contributed by atoms with Crippen molar-refractivity contribution in [3.05, 3.63) is 44.8 Å². The van der Waals surface area contributed by atoms with Gasteiger partial charge in [0.15, 0.2) is 0 Å². The van der Waals surface area contributed by atoms with Gasteiger partial charge in [0, 0.05) is 16.2 Å². The number of hydrogen-bond acceptors (Lipinski definition) is 3. The molecule has 0 spiro atoms. The summed E-state index contributed by atoms with van der Waals surface area (Å²) >= 11 is 3.44. The Bertz CT molecular complexity index is 462. The van der Waals surface area contributed by atoms with Crippen LogP contribution >= 0.6 is 22.7 Å². The van der Waals surface area contributed by atoms with Gasteiger partial charge in [-0.25, -0.2) is 0 Å². The van der Waals surface area contributed by atoms with Gasteiger partial charge in [0.1, 0.15) is 0 Å². The third kappa shape index (κ3) is 3.96. The van der Waals surface area contributed by atoms with Crippen LogP contribution in [0, 0.1) is 0 Å². The van der Waals surface area contributed by atoms with Crippen molar-refractivity contribution in [1.82, 2.24) is 5.32 Å². The lowest BCUT2D eigenvalue weighted by Crippen LogP contribution is -2.25. The van der Waals surface area contributed by atoms with Crippen molar-refractivity contribution in [2.45, 2.75) is 32.2 Å². The Morgan fingerprint density at radius 1 is 1.28 bits per heavy atom. The number of hydrogen-bond donors (Lipinski definition) is 1. The van der Waals surface area contributed by atoms with E-state index in [2.05, 4.69) is 28.9 Å². The molecule has 0 aliphatic carbocycles. The summed E-state index contributed by atoms with van der Waals surface area (Å²) < 4.78 is 0. The molecule has 2 aromatic rings. The predicted molar refractivity (Wildman–Crippen MR) is 78.1 cm³/mol. The molecule has 0 saturated heterocycles. The lowest BCUT2D eigenvalue weighted by atomic mass is 10.2. The highest BCUT2D eigenvalue weighted by atomic mass is 32.1. The van der Waals surface area contributed by atoms with Crippen molar-refractivity contribution in [2.24, 2.45) is 0 Å². The van der Waals surface area contributed by atoms with Crippen LogP contribution in [0.25, 0.3) is 0 Å².